The van der Waals surface area contributed by atoms with Crippen LogP contribution >= 0.6 is 0 Å². The Morgan fingerprint density at radius 3 is 2.17 bits per heavy atom. The minimum absolute atomic E-state index is 0.0369. The van der Waals surface area contributed by atoms with Crippen LogP contribution < -0.4 is 0 Å². The van der Waals surface area contributed by atoms with E-state index in [1.807, 2.05) is 52.8 Å². The highest BCUT2D eigenvalue weighted by Gasteiger charge is 2.73. The van der Waals surface area contributed by atoms with Crippen molar-refractivity contribution in [1.29, 1.82) is 0 Å². The third-order valence-corrected chi connectivity index (χ3v) is 15.2. The zero-order valence-electron chi connectivity index (χ0n) is 34.2. The quantitative estimate of drug-likeness (QED) is 0.0885. The second-order valence-electron chi connectivity index (χ2n) is 18.6. The number of hydrogen-bond acceptors (Lipinski definition) is 16. The fourth-order valence-electron chi connectivity index (χ4n) is 11.9. The summed E-state index contributed by atoms with van der Waals surface area (Å²) in [5.74, 6) is -2.39. The molecule has 17 nitrogen and oxygen atoms in total. The van der Waals surface area contributed by atoms with Crippen LogP contribution in [0.4, 0.5) is 0 Å². The van der Waals surface area contributed by atoms with E-state index in [1.165, 1.54) is 7.11 Å². The van der Waals surface area contributed by atoms with E-state index >= 15 is 0 Å². The van der Waals surface area contributed by atoms with Crippen LogP contribution in [0.15, 0.2) is 23.8 Å². The number of ether oxygens (including phenoxy) is 5. The van der Waals surface area contributed by atoms with Crippen molar-refractivity contribution >= 4 is 10.4 Å². The van der Waals surface area contributed by atoms with Gasteiger partial charge in [-0.3, -0.25) is 4.55 Å². The van der Waals surface area contributed by atoms with Crippen molar-refractivity contribution in [3.63, 3.8) is 0 Å². The molecule has 0 aromatic heterocycles. The lowest BCUT2D eigenvalue weighted by atomic mass is 9.43. The summed E-state index contributed by atoms with van der Waals surface area (Å²) in [5, 5.41) is 87.5. The van der Waals surface area contributed by atoms with E-state index in [4.69, 9.17) is 27.9 Å². The van der Waals surface area contributed by atoms with Gasteiger partial charge in [0.2, 0.25) is 0 Å². The maximum atomic E-state index is 13.0. The summed E-state index contributed by atoms with van der Waals surface area (Å²) in [4.78, 5) is 0. The second kappa shape index (κ2) is 17.5. The van der Waals surface area contributed by atoms with E-state index in [9.17, 15) is 53.8 Å². The van der Waals surface area contributed by atoms with Crippen molar-refractivity contribution in [2.45, 2.75) is 152 Å². The van der Waals surface area contributed by atoms with Crippen LogP contribution in [0.1, 0.15) is 73.1 Å². The predicted octanol–water partition coefficient (Wildman–Crippen LogP) is 0.208. The fraction of sp³-hybridized carbons (Fsp3) is 0.900. The van der Waals surface area contributed by atoms with Crippen LogP contribution in [0, 0.1) is 46.3 Å². The first kappa shape index (κ1) is 46.3. The smallest absolute Gasteiger partial charge is 0.390 e. The topological polar surface area (TPSA) is 272 Å². The molecule has 6 aliphatic rings. The standard InChI is InChI=1S/C40H66O17S/c1-19(2)21(11-14-53-36-32(47)29(44)25(42)17-54-36)8-7-20(3)28-31(46)33(57-58(49,50)51)35-39(28,5)13-10-27-38(4)12-9-22(15-23(38)24(41)16-40(27,35)48)56-37-34(52-6)30(45)26(43)18-55-37/h7-8,15,19-22,24-37,41-48H,9-14,16-18H2,1-6H3,(H,49,50,51)/b8-7+/t20-,21-,22+,24-,25-,26-,27-,28+,29+,30+,31-,32-,33+,34-,35-,36-,37+,38+,39-,40+/m1/s1. The van der Waals surface area contributed by atoms with Gasteiger partial charge in [0.05, 0.1) is 43.7 Å². The third-order valence-electron chi connectivity index (χ3n) is 14.8. The number of allylic oxidation sites excluding steroid dienone is 2. The molecule has 2 aliphatic heterocycles. The molecular weight excluding hydrogens is 784 g/mol. The first-order chi connectivity index (χ1) is 27.1. The molecule has 0 bridgehead atoms. The van der Waals surface area contributed by atoms with Crippen molar-refractivity contribution in [3.8, 4) is 0 Å². The van der Waals surface area contributed by atoms with Gasteiger partial charge in [0.25, 0.3) is 0 Å². The molecule has 2 heterocycles. The molecule has 0 amide bonds. The highest BCUT2D eigenvalue weighted by Crippen LogP contribution is 2.69. The Bertz CT molecular complexity index is 1590. The zero-order valence-corrected chi connectivity index (χ0v) is 35.0. The van der Waals surface area contributed by atoms with Gasteiger partial charge in [-0.15, -0.1) is 0 Å². The number of hydrogen-bond donors (Lipinski definition) is 9. The molecule has 18 heteroatoms. The molecule has 9 N–H and O–H groups in total. The molecule has 0 aromatic rings. The highest BCUT2D eigenvalue weighted by atomic mass is 32.3. The summed E-state index contributed by atoms with van der Waals surface area (Å²) in [6.45, 7) is 9.73. The molecule has 0 aromatic carbocycles. The molecule has 3 saturated carbocycles. The van der Waals surface area contributed by atoms with Crippen LogP contribution in [-0.4, -0.2) is 160 Å². The zero-order chi connectivity index (χ0) is 42.7. The lowest BCUT2D eigenvalue weighted by molar-refractivity contribution is -0.285. The molecule has 5 fully saturated rings. The van der Waals surface area contributed by atoms with Gasteiger partial charge in [-0.05, 0) is 78.1 Å². The summed E-state index contributed by atoms with van der Waals surface area (Å²) in [5.41, 5.74) is -2.73. The Morgan fingerprint density at radius 1 is 0.879 bits per heavy atom. The molecule has 6 rings (SSSR count). The number of rotatable bonds is 13. The summed E-state index contributed by atoms with van der Waals surface area (Å²) >= 11 is 0. The first-order valence-corrected chi connectivity index (χ1v) is 22.0. The van der Waals surface area contributed by atoms with Crippen LogP contribution in [0.25, 0.3) is 0 Å². The normalized spacial score (nSPS) is 48.3. The van der Waals surface area contributed by atoms with Gasteiger partial charge >= 0.3 is 10.4 Å². The Labute approximate surface area is 340 Å². The summed E-state index contributed by atoms with van der Waals surface area (Å²) in [7, 11) is -3.71. The van der Waals surface area contributed by atoms with E-state index in [1.54, 1.807) is 0 Å². The predicted molar refractivity (Wildman–Crippen MR) is 204 cm³/mol. The molecule has 2 saturated heterocycles. The fourth-order valence-corrected chi connectivity index (χ4v) is 12.4. The Morgan fingerprint density at radius 2 is 1.53 bits per heavy atom. The van der Waals surface area contributed by atoms with Crippen molar-refractivity contribution in [2.24, 2.45) is 46.3 Å². The molecular formula is C40H66O17S. The molecule has 0 radical (unpaired) electrons. The number of aliphatic hydroxyl groups is 8. The average molecular weight is 851 g/mol. The maximum absolute atomic E-state index is 13.0. The van der Waals surface area contributed by atoms with Crippen molar-refractivity contribution in [2.75, 3.05) is 26.9 Å². The minimum atomic E-state index is -5.09. The molecule has 0 spiro atoms. The van der Waals surface area contributed by atoms with Gasteiger partial charge in [-0.25, -0.2) is 4.18 Å². The van der Waals surface area contributed by atoms with Crippen molar-refractivity contribution < 1.29 is 81.7 Å². The van der Waals surface area contributed by atoms with E-state index in [2.05, 4.69) is 0 Å². The van der Waals surface area contributed by atoms with Crippen LogP contribution in [-0.2, 0) is 38.3 Å². The number of aliphatic hydroxyl groups excluding tert-OH is 7. The van der Waals surface area contributed by atoms with Gasteiger partial charge in [0, 0.05) is 19.4 Å². The van der Waals surface area contributed by atoms with E-state index < -0.39 is 118 Å². The lowest BCUT2D eigenvalue weighted by Crippen LogP contribution is -2.66. The van der Waals surface area contributed by atoms with Gasteiger partial charge in [0.15, 0.2) is 12.6 Å². The summed E-state index contributed by atoms with van der Waals surface area (Å²) < 4.78 is 68.5. The monoisotopic (exact) mass is 850 g/mol. The lowest BCUT2D eigenvalue weighted by Gasteiger charge is -2.64. The Kier molecular flexibility index (Phi) is 14.0. The van der Waals surface area contributed by atoms with E-state index in [-0.39, 0.29) is 44.0 Å². The minimum Gasteiger partial charge on any atom is -0.390 e. The molecule has 334 valence electrons. The Balaban J connectivity index is 1.22. The van der Waals surface area contributed by atoms with E-state index in [0.717, 1.165) is 0 Å². The van der Waals surface area contributed by atoms with Gasteiger partial charge in [-0.2, -0.15) is 8.42 Å². The SMILES string of the molecule is CO[C@H]1[C@H](O[C@@H]2C=C3[C@H](O)C[C@@]4(O)[C@@H]5[C@@H](OS(=O)(=O)O)[C@H](O)[C@H]([C@H](C)/C=C/[C@H](CCO[C@@H]6OC[C@@H](O)[C@H](O)[C@H]6O)C(C)C)[C@@]5(C)CC[C@@H]4[C@@]3(C)CC2)OC[C@@H](O)[C@@H]1O. The van der Waals surface area contributed by atoms with Crippen LogP contribution in [0.3, 0.4) is 0 Å². The molecule has 0 unspecified atom stereocenters. The van der Waals surface area contributed by atoms with Crippen LogP contribution in [0.2, 0.25) is 0 Å². The van der Waals surface area contributed by atoms with Crippen molar-refractivity contribution in [1.82, 2.24) is 0 Å². The molecule has 20 atom stereocenters. The summed E-state index contributed by atoms with van der Waals surface area (Å²) in [6, 6.07) is 0. The van der Waals surface area contributed by atoms with Gasteiger partial charge in [-0.1, -0.05) is 52.8 Å². The summed E-state index contributed by atoms with van der Waals surface area (Å²) in [6.07, 6.45) is -6.03. The van der Waals surface area contributed by atoms with E-state index in [0.29, 0.717) is 37.7 Å². The molecule has 4 aliphatic carbocycles. The Hall–Kier alpha value is -1.17. The third kappa shape index (κ3) is 8.61. The second-order valence-corrected chi connectivity index (χ2v) is 19.6. The van der Waals surface area contributed by atoms with Gasteiger partial charge < -0.3 is 64.5 Å². The number of fused-ring (bicyclic) bond motifs is 5. The highest BCUT2D eigenvalue weighted by molar-refractivity contribution is 7.80. The van der Waals surface area contributed by atoms with Crippen LogP contribution in [0.5, 0.6) is 0 Å². The molecule has 58 heavy (non-hydrogen) atoms. The first-order valence-electron chi connectivity index (χ1n) is 20.7. The van der Waals surface area contributed by atoms with Crippen molar-refractivity contribution in [3.05, 3.63) is 23.8 Å². The average Bonchev–Trinajstić information content (AvgIpc) is 3.36. The largest absolute Gasteiger partial charge is 0.397 e. The maximum Gasteiger partial charge on any atom is 0.397 e. The number of methoxy groups -OCH3 is 1. The van der Waals surface area contributed by atoms with Gasteiger partial charge in [0.1, 0.15) is 42.7 Å².